The summed E-state index contributed by atoms with van der Waals surface area (Å²) in [5.74, 6) is 0. The molecule has 27 valence electrons. The molecule has 0 bridgehead atoms. The van der Waals surface area contributed by atoms with Crippen LogP contribution in [0.5, 0.6) is 0 Å². The number of hydrogen-bond donors (Lipinski definition) is 2. The van der Waals surface area contributed by atoms with Crippen LogP contribution in [-0.4, -0.2) is 52.4 Å². The van der Waals surface area contributed by atoms with E-state index in [4.69, 9.17) is 12.2 Å². The number of hydrogen-bond acceptors (Lipinski definition) is 1. The van der Waals surface area contributed by atoms with Crippen molar-refractivity contribution in [1.82, 2.24) is 0 Å². The van der Waals surface area contributed by atoms with Crippen molar-refractivity contribution in [3.63, 3.8) is 0 Å². The van der Waals surface area contributed by atoms with Gasteiger partial charge in [0.05, 0.1) is 0 Å². The van der Waals surface area contributed by atoms with Gasteiger partial charge in [-0.2, -0.15) is 0 Å². The zero-order valence-corrected chi connectivity index (χ0v) is 6.42. The van der Waals surface area contributed by atoms with Crippen LogP contribution in [0.15, 0.2) is 0 Å². The van der Waals surface area contributed by atoms with Crippen molar-refractivity contribution in [3.8, 4) is 0 Å². The second-order valence-corrected chi connectivity index (χ2v) is 1.20. The fourth-order valence-corrected chi connectivity index (χ4v) is 0. The molecular weight excluding hydrogens is 150 g/mol. The van der Waals surface area contributed by atoms with Gasteiger partial charge in [0.25, 0.3) is 0 Å². The largest absolute Gasteiger partial charge is 0 e. The topological polar surface area (TPSA) is 57.5 Å². The minimum absolute atomic E-state index is 0. The molecule has 3 nitrogen and oxygen atoms in total. The fraction of sp³-hybridized carbons (Fsp3) is 0. The minimum atomic E-state index is -3.29. The fourth-order valence-electron chi connectivity index (χ4n) is 0. The molecule has 0 rings (SSSR count). The van der Waals surface area contributed by atoms with Crippen LogP contribution in [0.4, 0.5) is 0 Å². The van der Waals surface area contributed by atoms with E-state index in [9.17, 15) is 0 Å². The molecule has 0 aromatic heterocycles. The normalized spacial score (nSPS) is 7.00. The summed E-state index contributed by atoms with van der Waals surface area (Å²) in [5.41, 5.74) is 0. The maximum Gasteiger partial charge on any atom is 0 e. The Morgan fingerprint density at radius 3 is 1.40 bits per heavy atom. The third kappa shape index (κ3) is 35.8. The Morgan fingerprint density at radius 1 is 1.40 bits per heavy atom. The van der Waals surface area contributed by atoms with Crippen LogP contribution in [-0.2, 0) is 3.83 Å². The van der Waals surface area contributed by atoms with Crippen LogP contribution in [0.1, 0.15) is 0 Å². The Hall–Kier alpha value is 1.24. The molecule has 2 N–H and O–H groups in total. The van der Waals surface area contributed by atoms with Gasteiger partial charge in [0.15, 0.2) is 0 Å². The summed E-state index contributed by atoms with van der Waals surface area (Å²) in [4.78, 5) is 0. The van der Waals surface area contributed by atoms with Gasteiger partial charge in [-0.05, 0) is 0 Å². The molecular formula is H2NaO3Se. The molecule has 0 aromatic carbocycles. The summed E-state index contributed by atoms with van der Waals surface area (Å²) < 4.78 is 23.1. The molecule has 0 fully saturated rings. The Morgan fingerprint density at radius 2 is 1.40 bits per heavy atom. The van der Waals surface area contributed by atoms with Crippen LogP contribution < -0.4 is 0 Å². The van der Waals surface area contributed by atoms with E-state index in [2.05, 4.69) is 0 Å². The van der Waals surface area contributed by atoms with Crippen molar-refractivity contribution in [1.29, 1.82) is 0 Å². The summed E-state index contributed by atoms with van der Waals surface area (Å²) in [6, 6.07) is 0. The quantitative estimate of drug-likeness (QED) is 0.395. The van der Waals surface area contributed by atoms with Crippen LogP contribution >= 0.6 is 0 Å². The van der Waals surface area contributed by atoms with E-state index in [-0.39, 0.29) is 29.6 Å². The standard InChI is InChI=1S/Na.H2O3Se/c;1-4(2)3/h;(H2,1,2,3). The van der Waals surface area contributed by atoms with E-state index in [0.29, 0.717) is 0 Å². The molecule has 0 amide bonds. The molecule has 0 aliphatic rings. The second kappa shape index (κ2) is 5.24. The first-order valence-electron chi connectivity index (χ1n) is 0.532. The maximum absolute atomic E-state index is 8.76. The van der Waals surface area contributed by atoms with E-state index in [1.54, 1.807) is 0 Å². The van der Waals surface area contributed by atoms with Crippen molar-refractivity contribution in [2.24, 2.45) is 0 Å². The van der Waals surface area contributed by atoms with Gasteiger partial charge < -0.3 is 0 Å². The van der Waals surface area contributed by atoms with Crippen molar-refractivity contribution < 1.29 is 12.2 Å². The van der Waals surface area contributed by atoms with Crippen LogP contribution in [0.2, 0.25) is 0 Å². The Kier molecular flexibility index (Phi) is 9.99. The summed E-state index contributed by atoms with van der Waals surface area (Å²) >= 11 is -3.29. The average molecular weight is 152 g/mol. The number of rotatable bonds is 0. The maximum atomic E-state index is 8.76. The van der Waals surface area contributed by atoms with Gasteiger partial charge in [0.1, 0.15) is 0 Å². The molecule has 0 unspecified atom stereocenters. The van der Waals surface area contributed by atoms with Gasteiger partial charge >= 0.3 is 26.7 Å². The van der Waals surface area contributed by atoms with Crippen molar-refractivity contribution in [2.75, 3.05) is 0 Å². The monoisotopic (exact) mass is 153 g/mol. The van der Waals surface area contributed by atoms with E-state index in [1.807, 2.05) is 0 Å². The first kappa shape index (κ1) is 9.53. The molecule has 0 atom stereocenters. The summed E-state index contributed by atoms with van der Waals surface area (Å²) in [6.07, 6.45) is 0. The summed E-state index contributed by atoms with van der Waals surface area (Å²) in [6.45, 7) is 0. The zero-order valence-electron chi connectivity index (χ0n) is 2.71. The van der Waals surface area contributed by atoms with E-state index in [0.717, 1.165) is 0 Å². The van der Waals surface area contributed by atoms with E-state index >= 15 is 0 Å². The van der Waals surface area contributed by atoms with Crippen LogP contribution in [0.3, 0.4) is 0 Å². The Balaban J connectivity index is 0. The third-order valence-corrected chi connectivity index (χ3v) is 0. The van der Waals surface area contributed by atoms with Crippen LogP contribution in [0, 0.1) is 0 Å². The van der Waals surface area contributed by atoms with Crippen molar-refractivity contribution >= 4 is 44.0 Å². The molecule has 0 saturated heterocycles. The smallest absolute Gasteiger partial charge is 0 e. The summed E-state index contributed by atoms with van der Waals surface area (Å²) in [7, 11) is 0. The predicted molar refractivity (Wildman–Crippen MR) is 16.6 cm³/mol. The molecule has 0 aliphatic carbocycles. The second-order valence-electron chi connectivity index (χ2n) is 0.231. The molecule has 0 aliphatic heterocycles. The summed E-state index contributed by atoms with van der Waals surface area (Å²) in [5, 5.41) is 0. The van der Waals surface area contributed by atoms with Gasteiger partial charge in [-0.25, -0.2) is 0 Å². The average Bonchev–Trinajstić information content (AvgIpc) is 0.811. The molecule has 1 radical (unpaired) electrons. The van der Waals surface area contributed by atoms with Gasteiger partial charge in [-0.15, -0.1) is 0 Å². The van der Waals surface area contributed by atoms with E-state index in [1.165, 1.54) is 0 Å². The van der Waals surface area contributed by atoms with Gasteiger partial charge in [0, 0.05) is 29.6 Å². The minimum Gasteiger partial charge on any atom is 0 e. The molecule has 0 heterocycles. The first-order valence-corrected chi connectivity index (χ1v) is 2.76. The van der Waals surface area contributed by atoms with E-state index < -0.39 is 14.5 Å². The third-order valence-electron chi connectivity index (χ3n) is 0. The van der Waals surface area contributed by atoms with Gasteiger partial charge in [0.2, 0.25) is 0 Å². The molecule has 0 spiro atoms. The Labute approximate surface area is 56.0 Å². The SMILES string of the molecule is O=[Se](O)O.[Na]. The van der Waals surface area contributed by atoms with Crippen molar-refractivity contribution in [3.05, 3.63) is 0 Å². The Bertz CT molecular complexity index is 29.9. The van der Waals surface area contributed by atoms with Crippen LogP contribution in [0.25, 0.3) is 0 Å². The van der Waals surface area contributed by atoms with Crippen molar-refractivity contribution in [2.45, 2.75) is 0 Å². The molecule has 5 heavy (non-hydrogen) atoms. The van der Waals surface area contributed by atoms with Gasteiger partial charge in [-0.3, -0.25) is 0 Å². The molecule has 0 aromatic rings. The zero-order chi connectivity index (χ0) is 3.58. The molecule has 0 saturated carbocycles. The predicted octanol–water partition coefficient (Wildman–Crippen LogP) is -1.99. The van der Waals surface area contributed by atoms with Gasteiger partial charge in [-0.1, -0.05) is 0 Å². The first-order chi connectivity index (χ1) is 1.73. The molecule has 5 heteroatoms.